The number of rotatable bonds is 7. The highest BCUT2D eigenvalue weighted by Crippen LogP contribution is 2.40. The predicted octanol–water partition coefficient (Wildman–Crippen LogP) is 4.07. The van der Waals surface area contributed by atoms with Gasteiger partial charge in [-0.3, -0.25) is 4.79 Å². The van der Waals surface area contributed by atoms with Crippen molar-refractivity contribution in [3.05, 3.63) is 57.7 Å². The summed E-state index contributed by atoms with van der Waals surface area (Å²) >= 11 is 7.16. The van der Waals surface area contributed by atoms with E-state index >= 15 is 0 Å². The smallest absolute Gasteiger partial charge is 0.340 e. The standard InChI is InChI=1S/C21H20ClN3O3S/c1-12(19(26)24-11-13-3-7-15(22)8-4-13)28-21(27)16-9-18(14-5-6-14)25-20(29-2)17(16)10-23/h3-4,7-9,12,14H,5-6,11H2,1-2H3,(H,24,26). The minimum absolute atomic E-state index is 0.158. The molecule has 1 aromatic carbocycles. The SMILES string of the molecule is CSc1nc(C2CC2)cc(C(=O)OC(C)C(=O)NCc2ccc(Cl)cc2)c1C#N. The van der Waals surface area contributed by atoms with Crippen LogP contribution in [0.2, 0.25) is 5.02 Å². The van der Waals surface area contributed by atoms with Gasteiger partial charge in [0, 0.05) is 23.2 Å². The molecule has 1 unspecified atom stereocenters. The van der Waals surface area contributed by atoms with Crippen LogP contribution in [-0.2, 0) is 16.1 Å². The maximum absolute atomic E-state index is 12.7. The quantitative estimate of drug-likeness (QED) is 0.527. The topological polar surface area (TPSA) is 92.1 Å². The van der Waals surface area contributed by atoms with Gasteiger partial charge >= 0.3 is 5.97 Å². The zero-order chi connectivity index (χ0) is 21.0. The number of amides is 1. The van der Waals surface area contributed by atoms with Crippen LogP contribution in [-0.4, -0.2) is 29.2 Å². The van der Waals surface area contributed by atoms with Crippen molar-refractivity contribution in [1.82, 2.24) is 10.3 Å². The Balaban J connectivity index is 1.68. The number of thioether (sulfide) groups is 1. The maximum Gasteiger partial charge on any atom is 0.340 e. The molecule has 1 aliphatic rings. The Morgan fingerprint density at radius 1 is 1.38 bits per heavy atom. The molecule has 1 N–H and O–H groups in total. The van der Waals surface area contributed by atoms with Crippen molar-refractivity contribution in [2.45, 2.75) is 43.4 Å². The average molecular weight is 430 g/mol. The zero-order valence-electron chi connectivity index (χ0n) is 16.1. The average Bonchev–Trinajstić information content (AvgIpc) is 3.57. The van der Waals surface area contributed by atoms with E-state index in [0.29, 0.717) is 22.5 Å². The van der Waals surface area contributed by atoms with Crippen molar-refractivity contribution < 1.29 is 14.3 Å². The van der Waals surface area contributed by atoms with Crippen LogP contribution in [0.5, 0.6) is 0 Å². The van der Waals surface area contributed by atoms with Gasteiger partial charge in [-0.25, -0.2) is 9.78 Å². The number of halogens is 1. The van der Waals surface area contributed by atoms with Gasteiger partial charge < -0.3 is 10.1 Å². The monoisotopic (exact) mass is 429 g/mol. The highest BCUT2D eigenvalue weighted by atomic mass is 35.5. The molecule has 6 nitrogen and oxygen atoms in total. The van der Waals surface area contributed by atoms with E-state index < -0.39 is 18.0 Å². The Morgan fingerprint density at radius 3 is 2.66 bits per heavy atom. The molecular formula is C21H20ClN3O3S. The lowest BCUT2D eigenvalue weighted by molar-refractivity contribution is -0.129. The first-order valence-corrected chi connectivity index (χ1v) is 10.7. The lowest BCUT2D eigenvalue weighted by atomic mass is 10.1. The minimum atomic E-state index is -1.00. The van der Waals surface area contributed by atoms with Crippen LogP contribution in [0.1, 0.15) is 52.9 Å². The van der Waals surface area contributed by atoms with Crippen LogP contribution in [0.15, 0.2) is 35.4 Å². The van der Waals surface area contributed by atoms with Gasteiger partial charge in [-0.15, -0.1) is 11.8 Å². The molecule has 0 aliphatic heterocycles. The highest BCUT2D eigenvalue weighted by Gasteiger charge is 2.30. The second kappa shape index (κ2) is 9.29. The van der Waals surface area contributed by atoms with Crippen LogP contribution >= 0.6 is 23.4 Å². The van der Waals surface area contributed by atoms with Crippen LogP contribution in [0.25, 0.3) is 0 Å². The zero-order valence-corrected chi connectivity index (χ0v) is 17.6. The van der Waals surface area contributed by atoms with Gasteiger partial charge in [0.05, 0.1) is 11.1 Å². The number of carbonyl (C=O) groups is 2. The summed E-state index contributed by atoms with van der Waals surface area (Å²) < 4.78 is 5.34. The number of hydrogen-bond acceptors (Lipinski definition) is 6. The molecule has 0 spiro atoms. The molecule has 8 heteroatoms. The molecule has 1 saturated carbocycles. The Kier molecular flexibility index (Phi) is 6.78. The summed E-state index contributed by atoms with van der Waals surface area (Å²) in [6.07, 6.45) is 2.84. The van der Waals surface area contributed by atoms with Crippen molar-refractivity contribution in [3.8, 4) is 6.07 Å². The van der Waals surface area contributed by atoms with Gasteiger partial charge in [0.1, 0.15) is 11.1 Å². The van der Waals surface area contributed by atoms with Gasteiger partial charge in [0.2, 0.25) is 0 Å². The maximum atomic E-state index is 12.7. The number of nitriles is 1. The summed E-state index contributed by atoms with van der Waals surface area (Å²) in [4.78, 5) is 29.5. The van der Waals surface area contributed by atoms with E-state index in [1.54, 1.807) is 30.3 Å². The Bertz CT molecular complexity index is 968. The fourth-order valence-electron chi connectivity index (χ4n) is 2.76. The Hall–Kier alpha value is -2.56. The number of nitrogens with zero attached hydrogens (tertiary/aromatic N) is 2. The Morgan fingerprint density at radius 2 is 2.07 bits per heavy atom. The largest absolute Gasteiger partial charge is 0.449 e. The van der Waals surface area contributed by atoms with E-state index in [2.05, 4.69) is 10.3 Å². The summed E-state index contributed by atoms with van der Waals surface area (Å²) in [7, 11) is 0. The molecule has 3 rings (SSSR count). The summed E-state index contributed by atoms with van der Waals surface area (Å²) in [5, 5.41) is 13.3. The number of hydrogen-bond donors (Lipinski definition) is 1. The number of benzene rings is 1. The molecule has 1 aromatic heterocycles. The minimum Gasteiger partial charge on any atom is -0.449 e. The first-order valence-electron chi connectivity index (χ1n) is 9.15. The predicted molar refractivity (Wildman–Crippen MR) is 111 cm³/mol. The van der Waals surface area contributed by atoms with Crippen molar-refractivity contribution >= 4 is 35.2 Å². The third-order valence-corrected chi connectivity index (χ3v) is 5.49. The first kappa shape index (κ1) is 21.2. The van der Waals surface area contributed by atoms with Gasteiger partial charge in [-0.2, -0.15) is 5.26 Å². The lowest BCUT2D eigenvalue weighted by Gasteiger charge is -2.15. The van der Waals surface area contributed by atoms with E-state index in [1.807, 2.05) is 12.3 Å². The van der Waals surface area contributed by atoms with Crippen LogP contribution in [0.4, 0.5) is 0 Å². The molecule has 0 saturated heterocycles. The fourth-order valence-corrected chi connectivity index (χ4v) is 3.44. The van der Waals surface area contributed by atoms with Crippen LogP contribution in [0, 0.1) is 11.3 Å². The van der Waals surface area contributed by atoms with Crippen molar-refractivity contribution in [2.24, 2.45) is 0 Å². The summed E-state index contributed by atoms with van der Waals surface area (Å²) in [6.45, 7) is 1.79. The normalized spacial score (nSPS) is 14.0. The fraction of sp³-hybridized carbons (Fsp3) is 0.333. The van der Waals surface area contributed by atoms with E-state index in [0.717, 1.165) is 24.1 Å². The third-order valence-electron chi connectivity index (χ3n) is 4.56. The lowest BCUT2D eigenvalue weighted by Crippen LogP contribution is -2.35. The number of aromatic nitrogens is 1. The van der Waals surface area contributed by atoms with Crippen molar-refractivity contribution in [1.29, 1.82) is 5.26 Å². The van der Waals surface area contributed by atoms with Gasteiger partial charge in [-0.05, 0) is 49.8 Å². The van der Waals surface area contributed by atoms with Crippen molar-refractivity contribution in [3.63, 3.8) is 0 Å². The van der Waals surface area contributed by atoms with Crippen molar-refractivity contribution in [2.75, 3.05) is 6.26 Å². The molecule has 150 valence electrons. The molecule has 1 atom stereocenters. The number of ether oxygens (including phenoxy) is 1. The van der Waals surface area contributed by atoms with Crippen LogP contribution < -0.4 is 5.32 Å². The second-order valence-corrected chi connectivity index (χ2v) is 7.99. The van der Waals surface area contributed by atoms with E-state index in [1.165, 1.54) is 18.7 Å². The summed E-state index contributed by atoms with van der Waals surface area (Å²) in [6, 6.07) is 10.7. The molecule has 0 bridgehead atoms. The van der Waals surface area contributed by atoms with Crippen LogP contribution in [0.3, 0.4) is 0 Å². The first-order chi connectivity index (χ1) is 13.9. The van der Waals surface area contributed by atoms with Gasteiger partial charge in [0.15, 0.2) is 6.10 Å². The number of carbonyl (C=O) groups excluding carboxylic acids is 2. The van der Waals surface area contributed by atoms with E-state index in [9.17, 15) is 14.9 Å². The highest BCUT2D eigenvalue weighted by molar-refractivity contribution is 7.98. The van der Waals surface area contributed by atoms with Gasteiger partial charge in [0.25, 0.3) is 5.91 Å². The van der Waals surface area contributed by atoms with Gasteiger partial charge in [-0.1, -0.05) is 23.7 Å². The molecular weight excluding hydrogens is 410 g/mol. The third kappa shape index (κ3) is 5.28. The summed E-state index contributed by atoms with van der Waals surface area (Å²) in [5.41, 5.74) is 2.01. The van der Waals surface area contributed by atoms with E-state index in [4.69, 9.17) is 16.3 Å². The molecule has 1 aliphatic carbocycles. The molecule has 29 heavy (non-hydrogen) atoms. The molecule has 1 fully saturated rings. The molecule has 0 radical (unpaired) electrons. The summed E-state index contributed by atoms with van der Waals surface area (Å²) in [5.74, 6) is -0.802. The number of pyridine rings is 1. The number of esters is 1. The Labute approximate surface area is 178 Å². The van der Waals surface area contributed by atoms with E-state index in [-0.39, 0.29) is 11.1 Å². The second-order valence-electron chi connectivity index (χ2n) is 6.76. The number of nitrogens with one attached hydrogen (secondary N) is 1. The molecule has 1 amide bonds. The molecule has 2 aromatic rings. The molecule has 1 heterocycles.